The first-order valence-electron chi connectivity index (χ1n) is 31.7. The van der Waals surface area contributed by atoms with Crippen molar-refractivity contribution in [1.82, 2.24) is 0 Å². The third-order valence-corrected chi connectivity index (χ3v) is 13.5. The van der Waals surface area contributed by atoms with E-state index in [-0.39, 0.29) is 31.1 Å². The maximum atomic E-state index is 12.9. The van der Waals surface area contributed by atoms with Crippen molar-refractivity contribution in [2.45, 2.75) is 309 Å². The fourth-order valence-electron chi connectivity index (χ4n) is 8.79. The zero-order valence-electron chi connectivity index (χ0n) is 49.3. The summed E-state index contributed by atoms with van der Waals surface area (Å²) in [7, 11) is 0. The minimum Gasteiger partial charge on any atom is -0.462 e. The lowest BCUT2D eigenvalue weighted by Gasteiger charge is -2.18. The highest BCUT2D eigenvalue weighted by molar-refractivity contribution is 5.71. The summed E-state index contributed by atoms with van der Waals surface area (Å²) in [6.07, 6.45) is 84.1. The molecule has 0 N–H and O–H groups in total. The van der Waals surface area contributed by atoms with Crippen molar-refractivity contribution in [3.63, 3.8) is 0 Å². The van der Waals surface area contributed by atoms with Crippen LogP contribution in [0.2, 0.25) is 0 Å². The quantitative estimate of drug-likeness (QED) is 0.0261. The van der Waals surface area contributed by atoms with Crippen molar-refractivity contribution in [2.75, 3.05) is 13.2 Å². The van der Waals surface area contributed by atoms with Crippen LogP contribution >= 0.6 is 0 Å². The van der Waals surface area contributed by atoms with E-state index in [9.17, 15) is 14.4 Å². The fourth-order valence-corrected chi connectivity index (χ4v) is 8.79. The molecule has 0 aliphatic rings. The molecule has 75 heavy (non-hydrogen) atoms. The molecule has 0 aromatic rings. The Morgan fingerprint density at radius 2 is 0.520 bits per heavy atom. The maximum Gasteiger partial charge on any atom is 0.306 e. The molecule has 0 heterocycles. The van der Waals surface area contributed by atoms with Gasteiger partial charge in [-0.2, -0.15) is 0 Å². The van der Waals surface area contributed by atoms with Crippen molar-refractivity contribution in [3.8, 4) is 0 Å². The number of hydrogen-bond donors (Lipinski definition) is 0. The van der Waals surface area contributed by atoms with Gasteiger partial charge in [0.15, 0.2) is 6.10 Å². The molecule has 0 amide bonds. The van der Waals surface area contributed by atoms with Gasteiger partial charge in [0, 0.05) is 19.3 Å². The summed E-state index contributed by atoms with van der Waals surface area (Å²) in [5.74, 6) is -0.901. The normalized spacial score (nSPS) is 12.7. The van der Waals surface area contributed by atoms with E-state index in [1.807, 2.05) is 0 Å². The van der Waals surface area contributed by atoms with Gasteiger partial charge < -0.3 is 14.2 Å². The highest BCUT2D eigenvalue weighted by atomic mass is 16.6. The summed E-state index contributed by atoms with van der Waals surface area (Å²) in [6, 6.07) is 0. The number of carbonyl (C=O) groups excluding carboxylic acids is 3. The number of ether oxygens (including phenoxy) is 3. The largest absolute Gasteiger partial charge is 0.462 e. The Morgan fingerprint density at radius 1 is 0.280 bits per heavy atom. The molecule has 0 saturated carbocycles. The van der Waals surface area contributed by atoms with Crippen LogP contribution in [0.15, 0.2) is 97.2 Å². The molecule has 0 aromatic heterocycles. The predicted octanol–water partition coefficient (Wildman–Crippen LogP) is 21.7. The molecule has 0 spiro atoms. The Morgan fingerprint density at radius 3 is 0.853 bits per heavy atom. The van der Waals surface area contributed by atoms with Crippen molar-refractivity contribution in [2.24, 2.45) is 0 Å². The van der Waals surface area contributed by atoms with Crippen molar-refractivity contribution >= 4 is 17.9 Å². The van der Waals surface area contributed by atoms with Gasteiger partial charge in [0.05, 0.1) is 0 Å². The predicted molar refractivity (Wildman–Crippen MR) is 325 cm³/mol. The van der Waals surface area contributed by atoms with E-state index in [0.29, 0.717) is 19.3 Å². The molecule has 0 rings (SSSR count). The summed E-state index contributed by atoms with van der Waals surface area (Å²) in [6.45, 7) is 6.48. The van der Waals surface area contributed by atoms with Crippen molar-refractivity contribution < 1.29 is 28.6 Å². The molecule has 1 atom stereocenters. The molecule has 1 unspecified atom stereocenters. The molecule has 0 fully saturated rings. The number of unbranched alkanes of at least 4 members (excludes halogenated alkanes) is 30. The van der Waals surface area contributed by atoms with Crippen LogP contribution in [0.4, 0.5) is 0 Å². The summed E-state index contributed by atoms with van der Waals surface area (Å²) >= 11 is 0. The third-order valence-electron chi connectivity index (χ3n) is 13.5. The monoisotopic (exact) mass is 1040 g/mol. The van der Waals surface area contributed by atoms with E-state index in [2.05, 4.69) is 118 Å². The molecule has 6 heteroatoms. The summed E-state index contributed by atoms with van der Waals surface area (Å²) in [5, 5.41) is 0. The Kier molecular flexibility index (Phi) is 59.8. The van der Waals surface area contributed by atoms with Crippen LogP contribution < -0.4 is 0 Å². The van der Waals surface area contributed by atoms with E-state index in [0.717, 1.165) is 122 Å². The smallest absolute Gasteiger partial charge is 0.306 e. The van der Waals surface area contributed by atoms with E-state index in [4.69, 9.17) is 14.2 Å². The number of esters is 3. The van der Waals surface area contributed by atoms with E-state index in [1.54, 1.807) is 0 Å². The fraction of sp³-hybridized carbons (Fsp3) is 0.725. The maximum absolute atomic E-state index is 12.9. The Balaban J connectivity index is 4.25. The van der Waals surface area contributed by atoms with Crippen LogP contribution in [-0.2, 0) is 28.6 Å². The van der Waals surface area contributed by atoms with Crippen LogP contribution in [-0.4, -0.2) is 37.2 Å². The van der Waals surface area contributed by atoms with Gasteiger partial charge in [0.2, 0.25) is 0 Å². The van der Waals surface area contributed by atoms with Crippen molar-refractivity contribution in [3.05, 3.63) is 97.2 Å². The molecule has 6 nitrogen and oxygen atoms in total. The van der Waals surface area contributed by atoms with Gasteiger partial charge in [-0.25, -0.2) is 0 Å². The third kappa shape index (κ3) is 61.1. The molecular formula is C69H118O6. The number of allylic oxidation sites excluding steroid dienone is 16. The van der Waals surface area contributed by atoms with Crippen LogP contribution in [0.1, 0.15) is 303 Å². The zero-order chi connectivity index (χ0) is 54.3. The standard InChI is InChI=1S/C69H118O6/c1-4-7-10-13-16-19-22-25-27-29-30-31-32-33-34-35-36-37-38-39-40-41-43-44-47-50-53-56-59-62-68(71)74-65-66(64-73-67(70)61-58-55-52-49-46-24-21-18-15-12-9-6-3)75-69(72)63-60-57-54-51-48-45-42-28-26-23-20-17-14-11-8-5-2/h7,10,16,18-21,23,25,27-28,30-31,33-34,42,66H,4-6,8-9,11-15,17,22,24,26,29,32,35-41,43-65H2,1-3H3/b10-7-,19-16-,21-18-,23-20-,27-25-,31-30-,34-33-,42-28-. The van der Waals surface area contributed by atoms with Gasteiger partial charge in [-0.15, -0.1) is 0 Å². The first-order chi connectivity index (χ1) is 37.0. The summed E-state index contributed by atoms with van der Waals surface area (Å²) < 4.78 is 16.9. The average molecular weight is 1040 g/mol. The second kappa shape index (κ2) is 62.9. The Labute approximate surface area is 464 Å². The van der Waals surface area contributed by atoms with E-state index >= 15 is 0 Å². The van der Waals surface area contributed by atoms with Crippen LogP contribution in [0, 0.1) is 0 Å². The van der Waals surface area contributed by atoms with Gasteiger partial charge in [0.1, 0.15) is 13.2 Å². The Hall–Kier alpha value is -3.67. The molecule has 0 aromatic carbocycles. The van der Waals surface area contributed by atoms with Crippen LogP contribution in [0.3, 0.4) is 0 Å². The molecule has 430 valence electrons. The lowest BCUT2D eigenvalue weighted by Crippen LogP contribution is -2.30. The Bertz CT molecular complexity index is 1480. The van der Waals surface area contributed by atoms with Crippen LogP contribution in [0.5, 0.6) is 0 Å². The van der Waals surface area contributed by atoms with Crippen LogP contribution in [0.25, 0.3) is 0 Å². The summed E-state index contributed by atoms with van der Waals surface area (Å²) in [5.41, 5.74) is 0. The first kappa shape index (κ1) is 71.3. The molecule has 0 aliphatic carbocycles. The topological polar surface area (TPSA) is 78.9 Å². The first-order valence-corrected chi connectivity index (χ1v) is 31.7. The highest BCUT2D eigenvalue weighted by Gasteiger charge is 2.19. The molecular weight excluding hydrogens is 925 g/mol. The highest BCUT2D eigenvalue weighted by Crippen LogP contribution is 2.16. The summed E-state index contributed by atoms with van der Waals surface area (Å²) in [4.78, 5) is 38.2. The lowest BCUT2D eigenvalue weighted by atomic mass is 10.0. The SMILES string of the molecule is CC/C=C\C/C=C\C/C=C\C/C=C\C/C=C\CCCCCCCCCCCCCCCC(=O)OCC(COC(=O)CCCCCCC/C=C\CCCCC)OC(=O)CCCCCCC/C=C\C/C=C\CCCCCC. The second-order valence-corrected chi connectivity index (χ2v) is 20.9. The van der Waals surface area contributed by atoms with Gasteiger partial charge in [0.25, 0.3) is 0 Å². The number of hydrogen-bond acceptors (Lipinski definition) is 6. The van der Waals surface area contributed by atoms with E-state index in [1.165, 1.54) is 141 Å². The van der Waals surface area contributed by atoms with Gasteiger partial charge >= 0.3 is 17.9 Å². The second-order valence-electron chi connectivity index (χ2n) is 20.9. The average Bonchev–Trinajstić information content (AvgIpc) is 3.41. The number of rotatable bonds is 57. The van der Waals surface area contributed by atoms with E-state index < -0.39 is 6.10 Å². The molecule has 0 radical (unpaired) electrons. The molecule has 0 saturated heterocycles. The molecule has 0 bridgehead atoms. The van der Waals surface area contributed by atoms with Gasteiger partial charge in [-0.05, 0) is 122 Å². The van der Waals surface area contributed by atoms with Gasteiger partial charge in [-0.3, -0.25) is 14.4 Å². The zero-order valence-corrected chi connectivity index (χ0v) is 49.3. The minimum atomic E-state index is -0.789. The number of carbonyl (C=O) groups is 3. The molecule has 0 aliphatic heterocycles. The lowest BCUT2D eigenvalue weighted by molar-refractivity contribution is -0.167. The van der Waals surface area contributed by atoms with Crippen molar-refractivity contribution in [1.29, 1.82) is 0 Å². The van der Waals surface area contributed by atoms with Gasteiger partial charge in [-0.1, -0.05) is 259 Å². The minimum absolute atomic E-state index is 0.0850.